The van der Waals surface area contributed by atoms with Crippen LogP contribution in [0.15, 0.2) is 23.1 Å². The lowest BCUT2D eigenvalue weighted by molar-refractivity contribution is -0.0492. The van der Waals surface area contributed by atoms with Gasteiger partial charge in [-0.05, 0) is 24.6 Å². The summed E-state index contributed by atoms with van der Waals surface area (Å²) in [5.74, 6) is 0.117. The quantitative estimate of drug-likeness (QED) is 0.798. The Hall–Kier alpha value is -1.21. The lowest BCUT2D eigenvalue weighted by Crippen LogP contribution is -2.47. The SMILES string of the molecule is COc1cc(C)ccc1S(=O)(=O)OC1CC(F)C1F. The number of aryl methyl sites for hydroxylation is 1. The highest BCUT2D eigenvalue weighted by molar-refractivity contribution is 7.86. The van der Waals surface area contributed by atoms with E-state index in [4.69, 9.17) is 8.92 Å². The number of hydrogen-bond donors (Lipinski definition) is 0. The van der Waals surface area contributed by atoms with Crippen molar-refractivity contribution in [3.63, 3.8) is 0 Å². The van der Waals surface area contributed by atoms with Gasteiger partial charge in [-0.15, -0.1) is 0 Å². The lowest BCUT2D eigenvalue weighted by atomic mass is 9.91. The van der Waals surface area contributed by atoms with Crippen LogP contribution in [0.3, 0.4) is 0 Å². The van der Waals surface area contributed by atoms with Crippen molar-refractivity contribution in [2.24, 2.45) is 0 Å². The number of halogens is 2. The van der Waals surface area contributed by atoms with Gasteiger partial charge in [0.1, 0.15) is 22.9 Å². The summed E-state index contributed by atoms with van der Waals surface area (Å²) in [6.45, 7) is 1.77. The average molecular weight is 292 g/mol. The minimum absolute atomic E-state index is 0.117. The molecule has 3 atom stereocenters. The zero-order valence-corrected chi connectivity index (χ0v) is 11.3. The van der Waals surface area contributed by atoms with Crippen molar-refractivity contribution >= 4 is 10.1 Å². The van der Waals surface area contributed by atoms with Gasteiger partial charge >= 0.3 is 10.1 Å². The molecule has 0 aromatic heterocycles. The minimum atomic E-state index is -4.17. The summed E-state index contributed by atoms with van der Waals surface area (Å²) in [5, 5.41) is 0. The van der Waals surface area contributed by atoms with Gasteiger partial charge in [0.15, 0.2) is 6.17 Å². The second-order valence-corrected chi connectivity index (χ2v) is 5.98. The molecular formula is C12H14F2O4S. The minimum Gasteiger partial charge on any atom is -0.495 e. The molecular weight excluding hydrogens is 278 g/mol. The Bertz CT molecular complexity index is 573. The summed E-state index contributed by atoms with van der Waals surface area (Å²) in [7, 11) is -2.84. The van der Waals surface area contributed by atoms with E-state index in [1.807, 2.05) is 0 Å². The first-order valence-corrected chi connectivity index (χ1v) is 7.12. The third-order valence-corrected chi connectivity index (χ3v) is 4.37. The van der Waals surface area contributed by atoms with E-state index in [9.17, 15) is 17.2 Å². The monoisotopic (exact) mass is 292 g/mol. The van der Waals surface area contributed by atoms with E-state index < -0.39 is 28.6 Å². The Morgan fingerprint density at radius 2 is 2.00 bits per heavy atom. The number of hydrogen-bond acceptors (Lipinski definition) is 4. The van der Waals surface area contributed by atoms with E-state index >= 15 is 0 Å². The number of alkyl halides is 2. The maximum atomic E-state index is 13.1. The summed E-state index contributed by atoms with van der Waals surface area (Å²) in [5.41, 5.74) is 0.812. The molecule has 0 amide bonds. The molecule has 7 heteroatoms. The zero-order chi connectivity index (χ0) is 14.2. The standard InChI is InChI=1S/C12H14F2O4S/c1-7-3-4-11(9(5-7)17-2)19(15,16)18-10-6-8(13)12(10)14/h3-5,8,10,12H,6H2,1-2H3. The van der Waals surface area contributed by atoms with Gasteiger partial charge in [-0.2, -0.15) is 8.42 Å². The molecule has 0 saturated heterocycles. The molecule has 1 aromatic rings. The summed E-state index contributed by atoms with van der Waals surface area (Å²) in [4.78, 5) is -0.185. The maximum Gasteiger partial charge on any atom is 0.301 e. The molecule has 0 radical (unpaired) electrons. The highest BCUT2D eigenvalue weighted by Crippen LogP contribution is 2.34. The van der Waals surface area contributed by atoms with Crippen molar-refractivity contribution in [2.45, 2.75) is 36.7 Å². The van der Waals surface area contributed by atoms with Gasteiger partial charge in [0.2, 0.25) is 0 Å². The van der Waals surface area contributed by atoms with E-state index in [2.05, 4.69) is 0 Å². The van der Waals surface area contributed by atoms with E-state index in [0.29, 0.717) is 0 Å². The molecule has 1 fully saturated rings. The molecule has 106 valence electrons. The second-order valence-electron chi connectivity index (χ2n) is 4.44. The number of ether oxygens (including phenoxy) is 1. The van der Waals surface area contributed by atoms with Crippen LogP contribution in [0.1, 0.15) is 12.0 Å². The van der Waals surface area contributed by atoms with Crippen molar-refractivity contribution < 1.29 is 26.1 Å². The molecule has 0 spiro atoms. The topological polar surface area (TPSA) is 52.6 Å². The Kier molecular flexibility index (Phi) is 3.78. The molecule has 0 N–H and O–H groups in total. The van der Waals surface area contributed by atoms with Gasteiger partial charge in [0, 0.05) is 6.42 Å². The van der Waals surface area contributed by atoms with Gasteiger partial charge in [-0.25, -0.2) is 8.78 Å². The average Bonchev–Trinajstić information content (AvgIpc) is 2.37. The van der Waals surface area contributed by atoms with Crippen LogP contribution in [-0.2, 0) is 14.3 Å². The third kappa shape index (κ3) is 2.71. The van der Waals surface area contributed by atoms with Gasteiger partial charge in [-0.3, -0.25) is 4.18 Å². The van der Waals surface area contributed by atoms with Crippen molar-refractivity contribution in [3.05, 3.63) is 23.8 Å². The lowest BCUT2D eigenvalue weighted by Gasteiger charge is -2.33. The van der Waals surface area contributed by atoms with Gasteiger partial charge < -0.3 is 4.74 Å². The normalized spacial score (nSPS) is 26.8. The van der Waals surface area contributed by atoms with Crippen LogP contribution in [0.4, 0.5) is 8.78 Å². The number of benzene rings is 1. The summed E-state index contributed by atoms with van der Waals surface area (Å²) < 4.78 is 59.4. The van der Waals surface area contributed by atoms with Crippen LogP contribution < -0.4 is 4.74 Å². The van der Waals surface area contributed by atoms with Crippen molar-refractivity contribution in [1.82, 2.24) is 0 Å². The molecule has 1 aromatic carbocycles. The second kappa shape index (κ2) is 5.05. The molecule has 2 rings (SSSR count). The van der Waals surface area contributed by atoms with E-state index in [1.54, 1.807) is 13.0 Å². The Balaban J connectivity index is 2.25. The van der Waals surface area contributed by atoms with Crippen LogP contribution in [0.2, 0.25) is 0 Å². The van der Waals surface area contributed by atoms with Crippen LogP contribution in [0, 0.1) is 6.92 Å². The smallest absolute Gasteiger partial charge is 0.301 e. The van der Waals surface area contributed by atoms with Crippen LogP contribution >= 0.6 is 0 Å². The first kappa shape index (κ1) is 14.2. The van der Waals surface area contributed by atoms with E-state index in [1.165, 1.54) is 19.2 Å². The Morgan fingerprint density at radius 1 is 1.32 bits per heavy atom. The fraction of sp³-hybridized carbons (Fsp3) is 0.500. The van der Waals surface area contributed by atoms with E-state index in [-0.39, 0.29) is 17.1 Å². The zero-order valence-electron chi connectivity index (χ0n) is 10.5. The first-order valence-electron chi connectivity index (χ1n) is 5.71. The molecule has 1 saturated carbocycles. The molecule has 4 nitrogen and oxygen atoms in total. The highest BCUT2D eigenvalue weighted by atomic mass is 32.2. The van der Waals surface area contributed by atoms with Crippen molar-refractivity contribution in [1.29, 1.82) is 0 Å². The van der Waals surface area contributed by atoms with Crippen LogP contribution in [-0.4, -0.2) is 34.0 Å². The Morgan fingerprint density at radius 3 is 2.53 bits per heavy atom. The molecule has 0 heterocycles. The fourth-order valence-corrected chi connectivity index (χ4v) is 3.04. The largest absolute Gasteiger partial charge is 0.495 e. The summed E-state index contributed by atoms with van der Waals surface area (Å²) in [6.07, 6.45) is -5.06. The van der Waals surface area contributed by atoms with Crippen molar-refractivity contribution in [2.75, 3.05) is 7.11 Å². The molecule has 3 unspecified atom stereocenters. The van der Waals surface area contributed by atoms with Crippen LogP contribution in [0.25, 0.3) is 0 Å². The molecule has 0 aliphatic heterocycles. The highest BCUT2D eigenvalue weighted by Gasteiger charge is 2.46. The Labute approximate surface area is 110 Å². The maximum absolute atomic E-state index is 13.1. The number of rotatable bonds is 4. The third-order valence-electron chi connectivity index (χ3n) is 3.00. The number of methoxy groups -OCH3 is 1. The predicted octanol–water partition coefficient (Wildman–Crippen LogP) is 2.16. The molecule has 19 heavy (non-hydrogen) atoms. The summed E-state index contributed by atoms with van der Waals surface area (Å²) in [6, 6.07) is 4.43. The van der Waals surface area contributed by atoms with Gasteiger partial charge in [0.05, 0.1) is 7.11 Å². The first-order chi connectivity index (χ1) is 8.85. The van der Waals surface area contributed by atoms with Crippen molar-refractivity contribution in [3.8, 4) is 5.75 Å². The molecule has 1 aliphatic rings. The molecule has 1 aliphatic carbocycles. The van der Waals surface area contributed by atoms with Crippen LogP contribution in [0.5, 0.6) is 5.75 Å². The van der Waals surface area contributed by atoms with Gasteiger partial charge in [0.25, 0.3) is 0 Å². The fourth-order valence-electron chi connectivity index (χ4n) is 1.81. The van der Waals surface area contributed by atoms with E-state index in [0.717, 1.165) is 5.56 Å². The summed E-state index contributed by atoms with van der Waals surface area (Å²) >= 11 is 0. The van der Waals surface area contributed by atoms with Gasteiger partial charge in [-0.1, -0.05) is 6.07 Å². The molecule has 0 bridgehead atoms. The predicted molar refractivity (Wildman–Crippen MR) is 64.2 cm³/mol.